The first-order valence-electron chi connectivity index (χ1n) is 12.3. The highest BCUT2D eigenvalue weighted by Gasteiger charge is 2.32. The molecule has 0 spiro atoms. The number of rotatable bonds is 7. The molecule has 0 radical (unpaired) electrons. The summed E-state index contributed by atoms with van der Waals surface area (Å²) in [6.45, 7) is 6.35. The van der Waals surface area contributed by atoms with Crippen LogP contribution in [0.25, 0.3) is 10.6 Å². The van der Waals surface area contributed by atoms with E-state index in [9.17, 15) is 14.4 Å². The van der Waals surface area contributed by atoms with Gasteiger partial charge in [-0.3, -0.25) is 4.79 Å². The average molecular weight is 563 g/mol. The monoisotopic (exact) mass is 562 g/mol. The van der Waals surface area contributed by atoms with Crippen molar-refractivity contribution in [1.29, 1.82) is 0 Å². The van der Waals surface area contributed by atoms with Crippen molar-refractivity contribution in [1.82, 2.24) is 30.1 Å². The molecule has 3 amide bonds. The Balaban J connectivity index is 1.32. The van der Waals surface area contributed by atoms with Crippen molar-refractivity contribution in [2.45, 2.75) is 45.3 Å². The van der Waals surface area contributed by atoms with Crippen LogP contribution < -0.4 is 10.1 Å². The van der Waals surface area contributed by atoms with Crippen molar-refractivity contribution in [3.8, 4) is 16.5 Å². The van der Waals surface area contributed by atoms with Gasteiger partial charge >= 0.3 is 12.2 Å². The topological polar surface area (TPSA) is 132 Å². The van der Waals surface area contributed by atoms with Crippen LogP contribution in [0.1, 0.15) is 42.9 Å². The highest BCUT2D eigenvalue weighted by molar-refractivity contribution is 7.19. The lowest BCUT2D eigenvalue weighted by atomic mass is 10.0. The molecular weight excluding hydrogens is 536 g/mol. The smallest absolute Gasteiger partial charge is 0.417 e. The normalized spacial score (nSPS) is 16.7. The zero-order chi connectivity index (χ0) is 26.8. The molecule has 0 aliphatic carbocycles. The van der Waals surface area contributed by atoms with Gasteiger partial charge in [0.15, 0.2) is 11.5 Å². The van der Waals surface area contributed by atoms with Crippen LogP contribution in [0.5, 0.6) is 5.88 Å². The lowest BCUT2D eigenvalue weighted by Crippen LogP contribution is -2.47. The average Bonchev–Trinajstić information content (AvgIpc) is 3.68. The van der Waals surface area contributed by atoms with Crippen LogP contribution in [-0.2, 0) is 11.3 Å². The number of imide groups is 1. The highest BCUT2D eigenvalue weighted by atomic mass is 35.5. The molecule has 3 aromatic heterocycles. The molecule has 14 heteroatoms. The van der Waals surface area contributed by atoms with Crippen LogP contribution in [-0.4, -0.2) is 81.2 Å². The number of carbonyl (C=O) groups is 3. The highest BCUT2D eigenvalue weighted by Crippen LogP contribution is 2.31. The summed E-state index contributed by atoms with van der Waals surface area (Å²) in [6.07, 6.45) is 0.222. The van der Waals surface area contributed by atoms with Crippen molar-refractivity contribution in [3.63, 3.8) is 0 Å². The minimum absolute atomic E-state index is 0.0231. The fraction of sp³-hybridized carbons (Fsp3) is 0.458. The Morgan fingerprint density at radius 2 is 2.03 bits per heavy atom. The lowest BCUT2D eigenvalue weighted by Gasteiger charge is -2.34. The summed E-state index contributed by atoms with van der Waals surface area (Å²) < 4.78 is 17.8. The molecule has 38 heavy (non-hydrogen) atoms. The molecule has 0 bridgehead atoms. The van der Waals surface area contributed by atoms with Gasteiger partial charge in [-0.15, -0.1) is 11.3 Å². The van der Waals surface area contributed by atoms with Gasteiger partial charge in [0.05, 0.1) is 22.3 Å². The number of thiophene rings is 1. The number of nitrogens with zero attached hydrogens (tertiary/aromatic N) is 5. The maximum atomic E-state index is 12.9. The van der Waals surface area contributed by atoms with E-state index in [-0.39, 0.29) is 37.3 Å². The number of carbonyl (C=O) groups excluding carboxylic acids is 3. The molecule has 2 saturated heterocycles. The second-order valence-corrected chi connectivity index (χ2v) is 11.0. The molecule has 3 aromatic rings. The Labute approximate surface area is 227 Å². The van der Waals surface area contributed by atoms with Gasteiger partial charge in [-0.05, 0) is 38.8 Å². The molecule has 1 N–H and O–H groups in total. The molecule has 0 saturated carbocycles. The van der Waals surface area contributed by atoms with Gasteiger partial charge in [0, 0.05) is 37.3 Å². The van der Waals surface area contributed by atoms with Crippen LogP contribution in [0, 0.1) is 0 Å². The summed E-state index contributed by atoms with van der Waals surface area (Å²) in [5.41, 5.74) is 0.421. The number of halogens is 1. The third-order valence-electron chi connectivity index (χ3n) is 6.43. The second kappa shape index (κ2) is 11.1. The van der Waals surface area contributed by atoms with Crippen LogP contribution in [0.2, 0.25) is 4.34 Å². The maximum Gasteiger partial charge on any atom is 0.417 e. The van der Waals surface area contributed by atoms with Crippen molar-refractivity contribution >= 4 is 41.0 Å². The third-order valence-corrected chi connectivity index (χ3v) is 7.68. The van der Waals surface area contributed by atoms with E-state index in [1.54, 1.807) is 12.1 Å². The molecule has 0 unspecified atom stereocenters. The van der Waals surface area contributed by atoms with E-state index in [4.69, 9.17) is 25.6 Å². The first-order valence-corrected chi connectivity index (χ1v) is 13.5. The van der Waals surface area contributed by atoms with Crippen LogP contribution in [0.3, 0.4) is 0 Å². The number of piperidine rings is 1. The Bertz CT molecular complexity index is 1330. The van der Waals surface area contributed by atoms with Gasteiger partial charge in [-0.1, -0.05) is 16.8 Å². The van der Waals surface area contributed by atoms with Gasteiger partial charge in [0.1, 0.15) is 12.3 Å². The number of aromatic nitrogens is 3. The van der Waals surface area contributed by atoms with E-state index in [2.05, 4.69) is 34.3 Å². The van der Waals surface area contributed by atoms with Gasteiger partial charge in [0.2, 0.25) is 5.88 Å². The predicted octanol–water partition coefficient (Wildman–Crippen LogP) is 3.85. The Morgan fingerprint density at radius 1 is 1.24 bits per heavy atom. The van der Waals surface area contributed by atoms with Crippen LogP contribution in [0.4, 0.5) is 9.59 Å². The minimum atomic E-state index is -0.742. The lowest BCUT2D eigenvalue weighted by molar-refractivity contribution is 0.0803. The van der Waals surface area contributed by atoms with Crippen molar-refractivity contribution in [3.05, 3.63) is 40.0 Å². The third kappa shape index (κ3) is 5.84. The van der Waals surface area contributed by atoms with E-state index in [0.717, 1.165) is 35.7 Å². The van der Waals surface area contributed by atoms with E-state index >= 15 is 0 Å². The molecular formula is C24H27ClN6O6S. The zero-order valence-corrected chi connectivity index (χ0v) is 22.5. The Morgan fingerprint density at radius 3 is 2.68 bits per heavy atom. The number of hydrogen-bond donors (Lipinski definition) is 1. The number of amides is 3. The molecule has 5 heterocycles. The van der Waals surface area contributed by atoms with Crippen molar-refractivity contribution in [2.24, 2.45) is 0 Å². The Kier molecular flexibility index (Phi) is 7.68. The fourth-order valence-corrected chi connectivity index (χ4v) is 5.36. The molecule has 2 aliphatic heterocycles. The van der Waals surface area contributed by atoms with Crippen LogP contribution >= 0.6 is 22.9 Å². The Hall–Kier alpha value is -3.42. The molecule has 2 aliphatic rings. The summed E-state index contributed by atoms with van der Waals surface area (Å²) >= 11 is 7.37. The number of hydrogen-bond acceptors (Lipinski definition) is 10. The summed E-state index contributed by atoms with van der Waals surface area (Å²) in [7, 11) is 0. The minimum Gasteiger partial charge on any atom is -0.447 e. The fourth-order valence-electron chi connectivity index (χ4n) is 4.37. The largest absolute Gasteiger partial charge is 0.447 e. The van der Waals surface area contributed by atoms with Crippen molar-refractivity contribution < 1.29 is 28.4 Å². The summed E-state index contributed by atoms with van der Waals surface area (Å²) in [4.78, 5) is 41.7. The molecule has 0 aromatic carbocycles. The SMILES string of the molecule is CC(C)N1CCC(NC(=O)Oc2cc(C(=O)N3CCOC3=O)nn2Cc2cc(-c3ccc(Cl)s3)on2)CC1. The summed E-state index contributed by atoms with van der Waals surface area (Å²) in [5, 5.41) is 11.3. The number of likely N-dealkylation sites (tertiary alicyclic amines) is 1. The number of cyclic esters (lactones) is 1. The summed E-state index contributed by atoms with van der Waals surface area (Å²) in [6, 6.07) is 7.06. The van der Waals surface area contributed by atoms with E-state index in [0.29, 0.717) is 21.8 Å². The predicted molar refractivity (Wildman–Crippen MR) is 137 cm³/mol. The van der Waals surface area contributed by atoms with Crippen LogP contribution in [0.15, 0.2) is 28.8 Å². The molecule has 2 fully saturated rings. The van der Waals surface area contributed by atoms with E-state index < -0.39 is 18.1 Å². The first kappa shape index (κ1) is 26.2. The number of ether oxygens (including phenoxy) is 2. The van der Waals surface area contributed by atoms with Gasteiger partial charge < -0.3 is 24.2 Å². The standard InChI is InChI=1S/C24H27ClN6O6S/c1-14(2)29-7-5-15(6-8-29)26-23(33)36-21-12-17(22(32)30-9-10-35-24(30)34)27-31(21)13-16-11-18(37-28-16)19-3-4-20(25)38-19/h3-4,11-12,14-15H,5-10,13H2,1-2H3,(H,26,33). The van der Waals surface area contributed by atoms with Gasteiger partial charge in [-0.2, -0.15) is 5.10 Å². The van der Waals surface area contributed by atoms with E-state index in [1.165, 1.54) is 22.1 Å². The zero-order valence-electron chi connectivity index (χ0n) is 20.9. The quantitative estimate of drug-likeness (QED) is 0.456. The van der Waals surface area contributed by atoms with Crippen molar-refractivity contribution in [2.75, 3.05) is 26.2 Å². The molecule has 5 rings (SSSR count). The second-order valence-electron chi connectivity index (χ2n) is 9.32. The van der Waals surface area contributed by atoms with Gasteiger partial charge in [-0.25, -0.2) is 19.2 Å². The van der Waals surface area contributed by atoms with Gasteiger partial charge in [0.25, 0.3) is 5.91 Å². The first-order chi connectivity index (χ1) is 18.3. The van der Waals surface area contributed by atoms with E-state index in [1.807, 2.05) is 6.07 Å². The molecule has 12 nitrogen and oxygen atoms in total. The molecule has 202 valence electrons. The number of nitrogens with one attached hydrogen (secondary N) is 1. The maximum absolute atomic E-state index is 12.9. The summed E-state index contributed by atoms with van der Waals surface area (Å²) in [5.74, 6) is -0.0958. The molecule has 0 atom stereocenters.